The molecule has 1 saturated carbocycles. The molecule has 4 heteroatoms. The average molecular weight is 237 g/mol. The highest BCUT2D eigenvalue weighted by Gasteiger charge is 2.37. The Morgan fingerprint density at radius 1 is 1.53 bits per heavy atom. The van der Waals surface area contributed by atoms with Gasteiger partial charge in [0.1, 0.15) is 6.61 Å². The van der Waals surface area contributed by atoms with Crippen LogP contribution in [0, 0.1) is 11.8 Å². The Morgan fingerprint density at radius 3 is 2.82 bits per heavy atom. The van der Waals surface area contributed by atoms with Crippen LogP contribution < -0.4 is 0 Å². The summed E-state index contributed by atoms with van der Waals surface area (Å²) in [5.74, 6) is 0.221. The molecule has 2 rings (SSSR count). The lowest BCUT2D eigenvalue weighted by Gasteiger charge is -2.15. The van der Waals surface area contributed by atoms with E-state index in [4.69, 9.17) is 4.74 Å². The number of hydrogen-bond acceptors (Lipinski definition) is 3. The van der Waals surface area contributed by atoms with Gasteiger partial charge in [-0.3, -0.25) is 9.59 Å². The van der Waals surface area contributed by atoms with E-state index in [0.29, 0.717) is 18.9 Å². The van der Waals surface area contributed by atoms with Gasteiger partial charge in [-0.25, -0.2) is 0 Å². The fourth-order valence-corrected chi connectivity index (χ4v) is 2.03. The molecule has 1 heterocycles. The number of carbonyl (C=O) groups is 2. The van der Waals surface area contributed by atoms with Crippen molar-refractivity contribution in [1.29, 1.82) is 0 Å². The van der Waals surface area contributed by atoms with Gasteiger partial charge in [-0.1, -0.05) is 6.58 Å². The Kier molecular flexibility index (Phi) is 3.50. The van der Waals surface area contributed by atoms with Gasteiger partial charge < -0.3 is 9.64 Å². The molecule has 1 atom stereocenters. The third kappa shape index (κ3) is 3.32. The molecule has 0 aromatic rings. The molecule has 2 fully saturated rings. The molecule has 0 aromatic heterocycles. The standard InChI is InChI=1S/C13H19NO3/c1-9(2)8-17-13(16)11-5-12(15)14(7-11)6-10-3-4-10/h10-11H,1,3-8H2,2H3. The number of esters is 1. The zero-order valence-corrected chi connectivity index (χ0v) is 10.3. The van der Waals surface area contributed by atoms with Gasteiger partial charge >= 0.3 is 5.97 Å². The van der Waals surface area contributed by atoms with E-state index in [1.54, 1.807) is 0 Å². The number of nitrogens with zero attached hydrogens (tertiary/aromatic N) is 1. The molecule has 1 aliphatic heterocycles. The SMILES string of the molecule is C=C(C)COC(=O)C1CC(=O)N(CC2CC2)C1. The topological polar surface area (TPSA) is 46.6 Å². The normalized spacial score (nSPS) is 23.9. The summed E-state index contributed by atoms with van der Waals surface area (Å²) in [6.07, 6.45) is 2.74. The van der Waals surface area contributed by atoms with E-state index in [1.165, 1.54) is 12.8 Å². The van der Waals surface area contributed by atoms with E-state index >= 15 is 0 Å². The number of carbonyl (C=O) groups excluding carboxylic acids is 2. The Labute approximate surface area is 102 Å². The van der Waals surface area contributed by atoms with Crippen molar-refractivity contribution in [2.45, 2.75) is 26.2 Å². The summed E-state index contributed by atoms with van der Waals surface area (Å²) in [6.45, 7) is 7.10. The molecule has 4 nitrogen and oxygen atoms in total. The minimum atomic E-state index is -0.277. The van der Waals surface area contributed by atoms with Crippen molar-refractivity contribution in [3.63, 3.8) is 0 Å². The van der Waals surface area contributed by atoms with Crippen LogP contribution in [0.5, 0.6) is 0 Å². The van der Waals surface area contributed by atoms with Crippen LogP contribution in [0.3, 0.4) is 0 Å². The van der Waals surface area contributed by atoms with Crippen molar-refractivity contribution in [3.05, 3.63) is 12.2 Å². The second kappa shape index (κ2) is 4.90. The first-order chi connectivity index (χ1) is 8.06. The highest BCUT2D eigenvalue weighted by molar-refractivity contribution is 5.86. The van der Waals surface area contributed by atoms with Crippen molar-refractivity contribution in [1.82, 2.24) is 4.90 Å². The van der Waals surface area contributed by atoms with Crippen LogP contribution in [0.25, 0.3) is 0 Å². The number of hydrogen-bond donors (Lipinski definition) is 0. The number of rotatable bonds is 5. The lowest BCUT2D eigenvalue weighted by atomic mass is 10.1. The van der Waals surface area contributed by atoms with Gasteiger partial charge in [0, 0.05) is 19.5 Å². The summed E-state index contributed by atoms with van der Waals surface area (Å²) in [4.78, 5) is 25.2. The number of amides is 1. The second-order valence-electron chi connectivity index (χ2n) is 5.21. The first-order valence-corrected chi connectivity index (χ1v) is 6.15. The Balaban J connectivity index is 1.80. The molecule has 2 aliphatic rings. The fraction of sp³-hybridized carbons (Fsp3) is 0.692. The summed E-state index contributed by atoms with van der Waals surface area (Å²) in [6, 6.07) is 0. The highest BCUT2D eigenvalue weighted by Crippen LogP contribution is 2.32. The van der Waals surface area contributed by atoms with Gasteiger partial charge in [-0.15, -0.1) is 0 Å². The summed E-state index contributed by atoms with van der Waals surface area (Å²) in [7, 11) is 0. The zero-order chi connectivity index (χ0) is 12.4. The lowest BCUT2D eigenvalue weighted by molar-refractivity contribution is -0.147. The number of ether oxygens (including phenoxy) is 1. The van der Waals surface area contributed by atoms with Crippen molar-refractivity contribution >= 4 is 11.9 Å². The van der Waals surface area contributed by atoms with Gasteiger partial charge in [0.25, 0.3) is 0 Å². The van der Waals surface area contributed by atoms with E-state index in [9.17, 15) is 9.59 Å². The van der Waals surface area contributed by atoms with Crippen LogP contribution in [-0.2, 0) is 14.3 Å². The second-order valence-corrected chi connectivity index (χ2v) is 5.21. The molecule has 0 spiro atoms. The van der Waals surface area contributed by atoms with Crippen LogP contribution in [0.1, 0.15) is 26.2 Å². The van der Waals surface area contributed by atoms with Gasteiger partial charge in [0.15, 0.2) is 0 Å². The minimum absolute atomic E-state index is 0.0918. The lowest BCUT2D eigenvalue weighted by Crippen LogP contribution is -2.28. The summed E-state index contributed by atoms with van der Waals surface area (Å²) >= 11 is 0. The third-order valence-electron chi connectivity index (χ3n) is 3.18. The smallest absolute Gasteiger partial charge is 0.311 e. The Hall–Kier alpha value is -1.32. The van der Waals surface area contributed by atoms with Gasteiger partial charge in [0.05, 0.1) is 5.92 Å². The van der Waals surface area contributed by atoms with Crippen LogP contribution >= 0.6 is 0 Å². The fourth-order valence-electron chi connectivity index (χ4n) is 2.03. The van der Waals surface area contributed by atoms with Crippen LogP contribution in [-0.4, -0.2) is 36.5 Å². The van der Waals surface area contributed by atoms with E-state index in [1.807, 2.05) is 11.8 Å². The Morgan fingerprint density at radius 2 is 2.24 bits per heavy atom. The van der Waals surface area contributed by atoms with Gasteiger partial charge in [-0.2, -0.15) is 0 Å². The van der Waals surface area contributed by atoms with E-state index in [-0.39, 0.29) is 24.4 Å². The maximum Gasteiger partial charge on any atom is 0.311 e. The zero-order valence-electron chi connectivity index (χ0n) is 10.3. The number of likely N-dealkylation sites (tertiary alicyclic amines) is 1. The molecular formula is C13H19NO3. The van der Waals surface area contributed by atoms with Crippen molar-refractivity contribution in [2.75, 3.05) is 19.7 Å². The van der Waals surface area contributed by atoms with Gasteiger partial charge in [0.2, 0.25) is 5.91 Å². The maximum absolute atomic E-state index is 11.7. The molecule has 1 amide bonds. The summed E-state index contributed by atoms with van der Waals surface area (Å²) in [5.41, 5.74) is 0.817. The molecule has 94 valence electrons. The van der Waals surface area contributed by atoms with Gasteiger partial charge in [-0.05, 0) is 31.3 Å². The predicted octanol–water partition coefficient (Wildman–Crippen LogP) is 1.36. The highest BCUT2D eigenvalue weighted by atomic mass is 16.5. The van der Waals surface area contributed by atoms with E-state index in [2.05, 4.69) is 6.58 Å². The summed E-state index contributed by atoms with van der Waals surface area (Å²) in [5, 5.41) is 0. The monoisotopic (exact) mass is 237 g/mol. The molecule has 0 aromatic carbocycles. The first kappa shape index (κ1) is 12.1. The van der Waals surface area contributed by atoms with Crippen LogP contribution in [0.4, 0.5) is 0 Å². The van der Waals surface area contributed by atoms with Crippen LogP contribution in [0.2, 0.25) is 0 Å². The molecule has 0 bridgehead atoms. The molecular weight excluding hydrogens is 218 g/mol. The molecule has 17 heavy (non-hydrogen) atoms. The molecule has 0 radical (unpaired) electrons. The molecule has 0 N–H and O–H groups in total. The first-order valence-electron chi connectivity index (χ1n) is 6.15. The Bertz CT molecular complexity index is 347. The third-order valence-corrected chi connectivity index (χ3v) is 3.18. The molecule has 1 unspecified atom stereocenters. The van der Waals surface area contributed by atoms with Crippen molar-refractivity contribution in [3.8, 4) is 0 Å². The van der Waals surface area contributed by atoms with E-state index in [0.717, 1.165) is 12.1 Å². The largest absolute Gasteiger partial charge is 0.461 e. The molecule has 1 aliphatic carbocycles. The predicted molar refractivity (Wildman–Crippen MR) is 63.2 cm³/mol. The summed E-state index contributed by atoms with van der Waals surface area (Å²) < 4.78 is 5.09. The maximum atomic E-state index is 11.7. The van der Waals surface area contributed by atoms with E-state index < -0.39 is 0 Å². The quantitative estimate of drug-likeness (QED) is 0.536. The van der Waals surface area contributed by atoms with Crippen molar-refractivity contribution < 1.29 is 14.3 Å². The van der Waals surface area contributed by atoms with Crippen LogP contribution in [0.15, 0.2) is 12.2 Å². The molecule has 1 saturated heterocycles. The minimum Gasteiger partial charge on any atom is -0.461 e. The van der Waals surface area contributed by atoms with Crippen molar-refractivity contribution in [2.24, 2.45) is 11.8 Å². The average Bonchev–Trinajstić information content (AvgIpc) is 3.00.